The van der Waals surface area contributed by atoms with Crippen LogP contribution in [-0.2, 0) is 65.4 Å². The molecule has 0 rings (SSSR count). The minimum atomic E-state index is -4.95. The maximum Gasteiger partial charge on any atom is 0.472 e. The summed E-state index contributed by atoms with van der Waals surface area (Å²) in [7, 11) is -9.89. The molecule has 0 saturated carbocycles. The maximum atomic E-state index is 13.0. The molecule has 87 heavy (non-hydrogen) atoms. The van der Waals surface area contributed by atoms with E-state index in [4.69, 9.17) is 37.0 Å². The van der Waals surface area contributed by atoms with Crippen LogP contribution >= 0.6 is 15.6 Å². The third kappa shape index (κ3) is 62.6. The maximum absolute atomic E-state index is 13.0. The van der Waals surface area contributed by atoms with Crippen molar-refractivity contribution >= 4 is 39.5 Å². The van der Waals surface area contributed by atoms with Gasteiger partial charge in [-0.15, -0.1) is 0 Å². The number of phosphoric acid groups is 2. The van der Waals surface area contributed by atoms with Crippen molar-refractivity contribution in [2.45, 2.75) is 356 Å². The van der Waals surface area contributed by atoms with Gasteiger partial charge in [0.15, 0.2) is 12.2 Å². The summed E-state index contributed by atoms with van der Waals surface area (Å²) in [5, 5.41) is 10.6. The number of esters is 4. The zero-order valence-electron chi connectivity index (χ0n) is 56.5. The van der Waals surface area contributed by atoms with Crippen molar-refractivity contribution < 1.29 is 80.2 Å². The molecule has 516 valence electrons. The van der Waals surface area contributed by atoms with E-state index in [9.17, 15) is 43.2 Å². The number of ether oxygens (including phenoxy) is 4. The molecule has 0 spiro atoms. The van der Waals surface area contributed by atoms with Gasteiger partial charge in [-0.1, -0.05) is 286 Å². The average molecular weight is 1280 g/mol. The van der Waals surface area contributed by atoms with Gasteiger partial charge in [0.2, 0.25) is 0 Å². The van der Waals surface area contributed by atoms with Crippen LogP contribution in [0.15, 0.2) is 0 Å². The Morgan fingerprint density at radius 3 is 0.782 bits per heavy atom. The first-order valence-corrected chi connectivity index (χ1v) is 38.3. The Labute approximate surface area is 530 Å². The summed E-state index contributed by atoms with van der Waals surface area (Å²) in [6.07, 6.45) is 42.2. The van der Waals surface area contributed by atoms with Crippen LogP contribution in [0, 0.1) is 17.8 Å². The van der Waals surface area contributed by atoms with Crippen molar-refractivity contribution in [1.29, 1.82) is 0 Å². The zero-order valence-corrected chi connectivity index (χ0v) is 58.3. The van der Waals surface area contributed by atoms with Crippen molar-refractivity contribution in [2.24, 2.45) is 17.8 Å². The van der Waals surface area contributed by atoms with Gasteiger partial charge in [0.25, 0.3) is 0 Å². The summed E-state index contributed by atoms with van der Waals surface area (Å²) in [6.45, 7) is 11.6. The second kappa shape index (κ2) is 59.1. The first-order valence-electron chi connectivity index (χ1n) is 35.3. The van der Waals surface area contributed by atoms with Crippen LogP contribution in [0.4, 0.5) is 0 Å². The van der Waals surface area contributed by atoms with Gasteiger partial charge in [-0.25, -0.2) is 9.13 Å². The Bertz CT molecular complexity index is 1720. The van der Waals surface area contributed by atoms with Crippen LogP contribution in [-0.4, -0.2) is 96.7 Å². The summed E-state index contributed by atoms with van der Waals surface area (Å²) in [5.74, 6) is -0.0617. The van der Waals surface area contributed by atoms with Crippen molar-refractivity contribution in [1.82, 2.24) is 0 Å². The molecule has 0 radical (unpaired) electrons. The van der Waals surface area contributed by atoms with Gasteiger partial charge >= 0.3 is 39.5 Å². The standard InChI is InChI=1S/C68H132O17P2/c1-8-9-10-11-12-13-14-15-16-17-18-19-20-21-22-27-37-44-51-67(72)84-63(55-78-65(70)49-42-35-26-24-23-25-32-39-46-59(2)3)57-82-86(74,75)80-53-62(69)54-81-87(76,77)83-58-64(85-68(73)52-45-38-31-29-34-41-48-61(6)7)56-79-66(71)50-43-36-30-28-33-40-47-60(4)5/h59-64,69H,8-58H2,1-7H3,(H,74,75)(H,76,77)/t62-,63-,64-/m1/s1. The molecule has 0 aliphatic heterocycles. The van der Waals surface area contributed by atoms with Gasteiger partial charge in [0, 0.05) is 25.7 Å². The van der Waals surface area contributed by atoms with E-state index in [-0.39, 0.29) is 25.7 Å². The normalized spacial score (nSPS) is 14.3. The fraction of sp³-hybridized carbons (Fsp3) is 0.941. The lowest BCUT2D eigenvalue weighted by atomic mass is 10.0. The molecule has 0 aromatic heterocycles. The number of phosphoric ester groups is 2. The first kappa shape index (κ1) is 85.1. The monoisotopic (exact) mass is 1280 g/mol. The third-order valence-corrected chi connectivity index (χ3v) is 17.5. The number of carbonyl (C=O) groups excluding carboxylic acids is 4. The molecule has 5 atom stereocenters. The smallest absolute Gasteiger partial charge is 0.462 e. The fourth-order valence-electron chi connectivity index (χ4n) is 10.2. The number of hydrogen-bond donors (Lipinski definition) is 3. The van der Waals surface area contributed by atoms with Crippen LogP contribution in [0.1, 0.15) is 337 Å². The molecule has 0 fully saturated rings. The van der Waals surface area contributed by atoms with E-state index in [1.807, 2.05) is 0 Å². The molecule has 0 aliphatic rings. The SMILES string of the molecule is CCCCCCCCCCCCCCCCCCCCC(=O)O[C@H](COC(=O)CCCCCCCCCCC(C)C)COP(=O)(O)OC[C@@H](O)COP(=O)(O)OC[C@@H](COC(=O)CCCCCCCCC(C)C)OC(=O)CCCCCCCCC(C)C. The lowest BCUT2D eigenvalue weighted by Crippen LogP contribution is -2.30. The average Bonchev–Trinajstić information content (AvgIpc) is 3.68. The van der Waals surface area contributed by atoms with Crippen molar-refractivity contribution in [3.8, 4) is 0 Å². The summed E-state index contributed by atoms with van der Waals surface area (Å²) < 4.78 is 68.1. The minimum Gasteiger partial charge on any atom is -0.462 e. The van der Waals surface area contributed by atoms with Crippen LogP contribution in [0.3, 0.4) is 0 Å². The number of rotatable bonds is 66. The highest BCUT2D eigenvalue weighted by Crippen LogP contribution is 2.45. The largest absolute Gasteiger partial charge is 0.472 e. The number of aliphatic hydroxyl groups is 1. The lowest BCUT2D eigenvalue weighted by molar-refractivity contribution is -0.161. The quantitative estimate of drug-likeness (QED) is 0.0222. The van der Waals surface area contributed by atoms with Crippen LogP contribution in [0.5, 0.6) is 0 Å². The van der Waals surface area contributed by atoms with Gasteiger partial charge in [-0.05, 0) is 43.4 Å². The van der Waals surface area contributed by atoms with Crippen LogP contribution < -0.4 is 0 Å². The topological polar surface area (TPSA) is 237 Å². The van der Waals surface area contributed by atoms with Crippen molar-refractivity contribution in [3.63, 3.8) is 0 Å². The van der Waals surface area contributed by atoms with E-state index in [1.165, 1.54) is 141 Å². The first-order chi connectivity index (χ1) is 41.7. The molecular weight excluding hydrogens is 1150 g/mol. The Kier molecular flexibility index (Phi) is 57.8. The Morgan fingerprint density at radius 2 is 0.529 bits per heavy atom. The van der Waals surface area contributed by atoms with Gasteiger partial charge in [0.1, 0.15) is 19.3 Å². The minimum absolute atomic E-state index is 0.101. The van der Waals surface area contributed by atoms with E-state index in [0.717, 1.165) is 102 Å². The predicted molar refractivity (Wildman–Crippen MR) is 349 cm³/mol. The van der Waals surface area contributed by atoms with Gasteiger partial charge in [-0.2, -0.15) is 0 Å². The summed E-state index contributed by atoms with van der Waals surface area (Å²) >= 11 is 0. The van der Waals surface area contributed by atoms with E-state index in [0.29, 0.717) is 37.5 Å². The molecular formula is C68H132O17P2. The summed E-state index contributed by atoms with van der Waals surface area (Å²) in [6, 6.07) is 0. The molecule has 3 N–H and O–H groups in total. The van der Waals surface area contributed by atoms with Crippen molar-refractivity contribution in [3.05, 3.63) is 0 Å². The fourth-order valence-corrected chi connectivity index (χ4v) is 11.8. The Morgan fingerprint density at radius 1 is 0.310 bits per heavy atom. The highest BCUT2D eigenvalue weighted by molar-refractivity contribution is 7.47. The summed E-state index contributed by atoms with van der Waals surface area (Å²) in [4.78, 5) is 72.3. The molecule has 0 aromatic rings. The molecule has 2 unspecified atom stereocenters. The van der Waals surface area contributed by atoms with E-state index in [1.54, 1.807) is 0 Å². The predicted octanol–water partition coefficient (Wildman–Crippen LogP) is 19.1. The summed E-state index contributed by atoms with van der Waals surface area (Å²) in [5.41, 5.74) is 0. The highest BCUT2D eigenvalue weighted by atomic mass is 31.2. The number of unbranched alkanes of at least 4 members (excludes halogenated alkanes) is 34. The molecule has 0 heterocycles. The van der Waals surface area contributed by atoms with E-state index < -0.39 is 97.5 Å². The lowest BCUT2D eigenvalue weighted by Gasteiger charge is -2.21. The molecule has 0 bridgehead atoms. The number of aliphatic hydroxyl groups excluding tert-OH is 1. The molecule has 19 heteroatoms. The van der Waals surface area contributed by atoms with E-state index >= 15 is 0 Å². The van der Waals surface area contributed by atoms with Gasteiger partial charge in [-0.3, -0.25) is 37.3 Å². The molecule has 0 saturated heterocycles. The third-order valence-electron chi connectivity index (χ3n) is 15.6. The number of carbonyl (C=O) groups is 4. The van der Waals surface area contributed by atoms with E-state index in [2.05, 4.69) is 48.5 Å². The Hall–Kier alpha value is -1.94. The van der Waals surface area contributed by atoms with Gasteiger partial charge < -0.3 is 33.8 Å². The van der Waals surface area contributed by atoms with Gasteiger partial charge in [0.05, 0.1) is 26.4 Å². The molecule has 0 amide bonds. The molecule has 0 aromatic carbocycles. The zero-order chi connectivity index (χ0) is 64.5. The molecule has 0 aliphatic carbocycles. The van der Waals surface area contributed by atoms with Crippen molar-refractivity contribution in [2.75, 3.05) is 39.6 Å². The molecule has 17 nitrogen and oxygen atoms in total. The van der Waals surface area contributed by atoms with Crippen LogP contribution in [0.25, 0.3) is 0 Å². The number of hydrogen-bond acceptors (Lipinski definition) is 15. The second-order valence-electron chi connectivity index (χ2n) is 26.0. The Balaban J connectivity index is 5.19. The second-order valence-corrected chi connectivity index (χ2v) is 28.9. The highest BCUT2D eigenvalue weighted by Gasteiger charge is 2.30. The van der Waals surface area contributed by atoms with Crippen LogP contribution in [0.2, 0.25) is 0 Å².